The van der Waals surface area contributed by atoms with Crippen molar-refractivity contribution in [2.45, 2.75) is 19.4 Å². The fourth-order valence-corrected chi connectivity index (χ4v) is 3.38. The van der Waals surface area contributed by atoms with E-state index in [1.807, 2.05) is 4.90 Å². The van der Waals surface area contributed by atoms with Crippen LogP contribution in [0.2, 0.25) is 0 Å². The van der Waals surface area contributed by atoms with E-state index < -0.39 is 0 Å². The van der Waals surface area contributed by atoms with Gasteiger partial charge in [0.05, 0.1) is 13.2 Å². The average Bonchev–Trinajstić information content (AvgIpc) is 3.04. The zero-order valence-electron chi connectivity index (χ0n) is 13.1. The minimum absolute atomic E-state index is 0. The van der Waals surface area contributed by atoms with E-state index in [4.69, 9.17) is 4.74 Å². The number of carbonyl (C=O) groups is 1. The van der Waals surface area contributed by atoms with E-state index in [-0.39, 0.29) is 36.8 Å². The lowest BCUT2D eigenvalue weighted by molar-refractivity contribution is -0.136. The van der Waals surface area contributed by atoms with Crippen molar-refractivity contribution < 1.29 is 9.53 Å². The standard InChI is InChI=1S/C13H21N5O2S.2ClH/c1-2-11-15-13(21-16-11)18-6-4-17(5-7-18)12(19)10-9-20-8-3-14-10;;/h10,14H,2-9H2,1H3;2*1H. The molecule has 1 atom stereocenters. The molecule has 3 rings (SSSR count). The van der Waals surface area contributed by atoms with Gasteiger partial charge in [0.1, 0.15) is 11.9 Å². The minimum Gasteiger partial charge on any atom is -0.378 e. The van der Waals surface area contributed by atoms with Crippen LogP contribution in [-0.2, 0) is 16.0 Å². The van der Waals surface area contributed by atoms with Gasteiger partial charge in [-0.2, -0.15) is 4.37 Å². The Balaban J connectivity index is 0.00000132. The van der Waals surface area contributed by atoms with Crippen molar-refractivity contribution >= 4 is 47.4 Å². The normalized spacial score (nSPS) is 21.3. The summed E-state index contributed by atoms with van der Waals surface area (Å²) in [5.41, 5.74) is 0. The Bertz CT molecular complexity index is 490. The Morgan fingerprint density at radius 1 is 1.35 bits per heavy atom. The lowest BCUT2D eigenvalue weighted by Gasteiger charge is -2.37. The molecule has 1 N–H and O–H groups in total. The molecule has 132 valence electrons. The molecular formula is C13H23Cl2N5O2S. The third-order valence-electron chi connectivity index (χ3n) is 3.86. The number of morpholine rings is 1. The molecule has 2 aliphatic rings. The summed E-state index contributed by atoms with van der Waals surface area (Å²) in [7, 11) is 0. The molecule has 0 spiro atoms. The van der Waals surface area contributed by atoms with Crippen molar-refractivity contribution in [1.29, 1.82) is 0 Å². The summed E-state index contributed by atoms with van der Waals surface area (Å²) < 4.78 is 9.68. The molecule has 0 aliphatic carbocycles. The van der Waals surface area contributed by atoms with Crippen LogP contribution in [0.15, 0.2) is 0 Å². The first-order valence-corrected chi connectivity index (χ1v) is 8.22. The van der Waals surface area contributed by atoms with Crippen LogP contribution in [0.4, 0.5) is 5.13 Å². The number of aryl methyl sites for hydroxylation is 1. The SMILES string of the molecule is CCc1nsc(N2CCN(C(=O)C3COCCN3)CC2)n1.Cl.Cl. The van der Waals surface area contributed by atoms with Crippen LogP contribution in [-0.4, -0.2) is 72.1 Å². The molecule has 1 amide bonds. The largest absolute Gasteiger partial charge is 0.378 e. The first-order chi connectivity index (χ1) is 10.3. The highest BCUT2D eigenvalue weighted by Crippen LogP contribution is 2.19. The smallest absolute Gasteiger partial charge is 0.242 e. The van der Waals surface area contributed by atoms with Gasteiger partial charge in [-0.25, -0.2) is 4.98 Å². The first kappa shape index (κ1) is 20.4. The Morgan fingerprint density at radius 2 is 2.09 bits per heavy atom. The van der Waals surface area contributed by atoms with Gasteiger partial charge in [0.15, 0.2) is 0 Å². The molecule has 3 heterocycles. The third kappa shape index (κ3) is 4.90. The molecule has 1 aromatic heterocycles. The van der Waals surface area contributed by atoms with Crippen LogP contribution in [0.25, 0.3) is 0 Å². The number of carbonyl (C=O) groups excluding carboxylic acids is 1. The van der Waals surface area contributed by atoms with Crippen molar-refractivity contribution in [3.63, 3.8) is 0 Å². The van der Waals surface area contributed by atoms with Gasteiger partial charge in [0, 0.05) is 50.7 Å². The van der Waals surface area contributed by atoms with Gasteiger partial charge < -0.3 is 19.9 Å². The second kappa shape index (κ2) is 9.58. The van der Waals surface area contributed by atoms with Gasteiger partial charge in [-0.1, -0.05) is 6.92 Å². The van der Waals surface area contributed by atoms with E-state index in [2.05, 4.69) is 26.5 Å². The van der Waals surface area contributed by atoms with Crippen LogP contribution in [0.1, 0.15) is 12.7 Å². The number of anilines is 1. The number of piperazine rings is 1. The number of aromatic nitrogens is 2. The topological polar surface area (TPSA) is 70.6 Å². The van der Waals surface area contributed by atoms with Crippen molar-refractivity contribution in [1.82, 2.24) is 19.6 Å². The Morgan fingerprint density at radius 3 is 2.65 bits per heavy atom. The molecule has 2 saturated heterocycles. The number of ether oxygens (including phenoxy) is 1. The van der Waals surface area contributed by atoms with Gasteiger partial charge >= 0.3 is 0 Å². The number of rotatable bonds is 3. The molecule has 7 nitrogen and oxygen atoms in total. The molecule has 0 radical (unpaired) electrons. The second-order valence-corrected chi connectivity index (χ2v) is 5.97. The summed E-state index contributed by atoms with van der Waals surface area (Å²) >= 11 is 1.45. The van der Waals surface area contributed by atoms with Crippen molar-refractivity contribution in [3.8, 4) is 0 Å². The van der Waals surface area contributed by atoms with E-state index in [1.54, 1.807) is 0 Å². The highest BCUT2D eigenvalue weighted by molar-refractivity contribution is 7.09. The molecule has 23 heavy (non-hydrogen) atoms. The van der Waals surface area contributed by atoms with E-state index in [9.17, 15) is 4.79 Å². The quantitative estimate of drug-likeness (QED) is 0.822. The van der Waals surface area contributed by atoms with Gasteiger partial charge in [0.25, 0.3) is 0 Å². The van der Waals surface area contributed by atoms with E-state index in [0.29, 0.717) is 13.2 Å². The van der Waals surface area contributed by atoms with Gasteiger partial charge in [-0.05, 0) is 0 Å². The summed E-state index contributed by atoms with van der Waals surface area (Å²) in [6.07, 6.45) is 0.863. The molecule has 1 aromatic rings. The third-order valence-corrected chi connectivity index (χ3v) is 4.67. The predicted molar refractivity (Wildman–Crippen MR) is 95.2 cm³/mol. The maximum absolute atomic E-state index is 12.4. The maximum Gasteiger partial charge on any atom is 0.242 e. The molecule has 0 aromatic carbocycles. The molecule has 2 aliphatic heterocycles. The zero-order valence-corrected chi connectivity index (χ0v) is 15.5. The molecule has 10 heteroatoms. The van der Waals surface area contributed by atoms with E-state index in [0.717, 1.165) is 50.1 Å². The zero-order chi connectivity index (χ0) is 14.7. The Labute approximate surface area is 152 Å². The van der Waals surface area contributed by atoms with Gasteiger partial charge in [-0.3, -0.25) is 4.79 Å². The molecule has 0 saturated carbocycles. The molecule has 0 bridgehead atoms. The summed E-state index contributed by atoms with van der Waals surface area (Å²) in [6, 6.07) is -0.182. The van der Waals surface area contributed by atoms with Crippen molar-refractivity contribution in [2.75, 3.05) is 50.8 Å². The fraction of sp³-hybridized carbons (Fsp3) is 0.769. The number of nitrogens with one attached hydrogen (secondary N) is 1. The summed E-state index contributed by atoms with van der Waals surface area (Å²) in [5.74, 6) is 1.05. The maximum atomic E-state index is 12.4. The van der Waals surface area contributed by atoms with Gasteiger partial charge in [-0.15, -0.1) is 24.8 Å². The number of amides is 1. The van der Waals surface area contributed by atoms with E-state index in [1.165, 1.54) is 11.5 Å². The lowest BCUT2D eigenvalue weighted by Crippen LogP contribution is -2.57. The summed E-state index contributed by atoms with van der Waals surface area (Å²) in [6.45, 7) is 7.08. The van der Waals surface area contributed by atoms with Crippen LogP contribution in [0.5, 0.6) is 0 Å². The van der Waals surface area contributed by atoms with Crippen LogP contribution >= 0.6 is 36.3 Å². The summed E-state index contributed by atoms with van der Waals surface area (Å²) in [5, 5.41) is 4.19. The predicted octanol–water partition coefficient (Wildman–Crippen LogP) is 0.581. The van der Waals surface area contributed by atoms with E-state index >= 15 is 0 Å². The van der Waals surface area contributed by atoms with Gasteiger partial charge in [0.2, 0.25) is 11.0 Å². The Kier molecular flexibility index (Phi) is 8.49. The molecule has 2 fully saturated rings. The highest BCUT2D eigenvalue weighted by atomic mass is 35.5. The number of hydrogen-bond acceptors (Lipinski definition) is 7. The highest BCUT2D eigenvalue weighted by Gasteiger charge is 2.29. The summed E-state index contributed by atoms with van der Waals surface area (Å²) in [4.78, 5) is 21.0. The van der Waals surface area contributed by atoms with Crippen LogP contribution in [0, 0.1) is 0 Å². The minimum atomic E-state index is -0.182. The molecule has 1 unspecified atom stereocenters. The second-order valence-electron chi connectivity index (χ2n) is 5.24. The Hall–Kier alpha value is -0.670. The first-order valence-electron chi connectivity index (χ1n) is 7.45. The van der Waals surface area contributed by atoms with Crippen molar-refractivity contribution in [2.24, 2.45) is 0 Å². The van der Waals surface area contributed by atoms with Crippen molar-refractivity contribution in [3.05, 3.63) is 5.82 Å². The average molecular weight is 384 g/mol. The number of nitrogens with zero attached hydrogens (tertiary/aromatic N) is 4. The fourth-order valence-electron chi connectivity index (χ4n) is 2.58. The van der Waals surface area contributed by atoms with Crippen LogP contribution < -0.4 is 10.2 Å². The molecular weight excluding hydrogens is 361 g/mol. The monoisotopic (exact) mass is 383 g/mol. The van der Waals surface area contributed by atoms with Crippen LogP contribution in [0.3, 0.4) is 0 Å². The lowest BCUT2D eigenvalue weighted by atomic mass is 10.2. The number of hydrogen-bond donors (Lipinski definition) is 1. The number of halogens is 2.